The van der Waals surface area contributed by atoms with Gasteiger partial charge in [0.15, 0.2) is 0 Å². The van der Waals surface area contributed by atoms with E-state index in [1.165, 1.54) is 19.3 Å². The summed E-state index contributed by atoms with van der Waals surface area (Å²) in [5, 5.41) is 9.52. The first-order valence-electron chi connectivity index (χ1n) is 6.37. The molecule has 0 aliphatic carbocycles. The maximum absolute atomic E-state index is 9.52. The molecule has 2 heterocycles. The van der Waals surface area contributed by atoms with Crippen molar-refractivity contribution in [3.8, 4) is 0 Å². The van der Waals surface area contributed by atoms with Crippen LogP contribution >= 0.6 is 0 Å². The molecule has 1 atom stereocenters. The molecule has 1 aromatic rings. The number of hydrogen-bond acceptors (Lipinski definition) is 4. The van der Waals surface area contributed by atoms with E-state index < -0.39 is 0 Å². The number of aromatic nitrogens is 1. The Morgan fingerprint density at radius 3 is 3.06 bits per heavy atom. The highest BCUT2D eigenvalue weighted by atomic mass is 16.3. The lowest BCUT2D eigenvalue weighted by Crippen LogP contribution is -2.38. The van der Waals surface area contributed by atoms with Crippen LogP contribution in [0.1, 0.15) is 31.2 Å². The number of rotatable bonds is 3. The minimum Gasteiger partial charge on any atom is -0.394 e. The molecular formula is C13H21N3O. The summed E-state index contributed by atoms with van der Waals surface area (Å²) in [5.41, 5.74) is 7.97. The third kappa shape index (κ3) is 2.76. The molecule has 17 heavy (non-hydrogen) atoms. The van der Waals surface area contributed by atoms with Crippen molar-refractivity contribution >= 4 is 5.69 Å². The zero-order valence-electron chi connectivity index (χ0n) is 10.2. The number of anilines is 1. The van der Waals surface area contributed by atoms with Gasteiger partial charge in [-0.05, 0) is 24.5 Å². The Kier molecular flexibility index (Phi) is 4.34. The molecule has 1 aromatic heterocycles. The zero-order chi connectivity index (χ0) is 12.1. The molecule has 4 heteroatoms. The van der Waals surface area contributed by atoms with Gasteiger partial charge in [-0.15, -0.1) is 0 Å². The normalized spacial score (nSPS) is 21.3. The number of nitrogens with two attached hydrogens (primary N) is 1. The van der Waals surface area contributed by atoms with E-state index in [0.29, 0.717) is 6.54 Å². The first-order chi connectivity index (χ1) is 8.36. The fraction of sp³-hybridized carbons (Fsp3) is 0.615. The molecule has 1 aliphatic heterocycles. The lowest BCUT2D eigenvalue weighted by atomic mass is 10.1. The zero-order valence-corrected chi connectivity index (χ0v) is 10.2. The Hall–Kier alpha value is -1.13. The Morgan fingerprint density at radius 1 is 1.41 bits per heavy atom. The smallest absolute Gasteiger partial charge is 0.0635 e. The molecule has 0 bridgehead atoms. The van der Waals surface area contributed by atoms with E-state index in [-0.39, 0.29) is 12.6 Å². The number of nitrogens with zero attached hydrogens (tertiary/aromatic N) is 2. The average molecular weight is 235 g/mol. The number of pyridine rings is 1. The van der Waals surface area contributed by atoms with Gasteiger partial charge in [-0.1, -0.05) is 12.8 Å². The second kappa shape index (κ2) is 5.98. The van der Waals surface area contributed by atoms with E-state index in [9.17, 15) is 5.11 Å². The van der Waals surface area contributed by atoms with Crippen molar-refractivity contribution in [2.24, 2.45) is 5.73 Å². The molecule has 1 aliphatic rings. The summed E-state index contributed by atoms with van der Waals surface area (Å²) < 4.78 is 0. The van der Waals surface area contributed by atoms with Crippen LogP contribution < -0.4 is 10.6 Å². The third-order valence-electron chi connectivity index (χ3n) is 3.50. The van der Waals surface area contributed by atoms with Crippen LogP contribution in [-0.2, 0) is 6.54 Å². The molecule has 1 unspecified atom stereocenters. The van der Waals surface area contributed by atoms with Crippen LogP contribution in [0.4, 0.5) is 5.69 Å². The van der Waals surface area contributed by atoms with E-state index in [4.69, 9.17) is 5.73 Å². The lowest BCUT2D eigenvalue weighted by molar-refractivity contribution is 0.255. The van der Waals surface area contributed by atoms with Crippen molar-refractivity contribution in [1.29, 1.82) is 0 Å². The maximum atomic E-state index is 9.52. The summed E-state index contributed by atoms with van der Waals surface area (Å²) in [6, 6.07) is 2.18. The van der Waals surface area contributed by atoms with Crippen LogP contribution in [0.25, 0.3) is 0 Å². The fourth-order valence-electron chi connectivity index (χ4n) is 2.53. The third-order valence-corrected chi connectivity index (χ3v) is 3.50. The molecule has 2 rings (SSSR count). The number of aliphatic hydroxyl groups is 1. The molecule has 1 fully saturated rings. The monoisotopic (exact) mass is 235 g/mol. The molecule has 0 radical (unpaired) electrons. The minimum atomic E-state index is 0.207. The van der Waals surface area contributed by atoms with Gasteiger partial charge in [-0.3, -0.25) is 4.98 Å². The van der Waals surface area contributed by atoms with Crippen molar-refractivity contribution in [2.75, 3.05) is 18.1 Å². The highest BCUT2D eigenvalue weighted by Crippen LogP contribution is 2.26. The molecule has 4 nitrogen and oxygen atoms in total. The highest BCUT2D eigenvalue weighted by molar-refractivity contribution is 5.52. The minimum absolute atomic E-state index is 0.207. The largest absolute Gasteiger partial charge is 0.394 e. The van der Waals surface area contributed by atoms with Crippen LogP contribution in [0.5, 0.6) is 0 Å². The van der Waals surface area contributed by atoms with Crippen LogP contribution in [0.3, 0.4) is 0 Å². The Balaban J connectivity index is 2.28. The Bertz CT molecular complexity index is 356. The fourth-order valence-corrected chi connectivity index (χ4v) is 2.53. The number of hydrogen-bond donors (Lipinski definition) is 2. The Morgan fingerprint density at radius 2 is 2.29 bits per heavy atom. The predicted octanol–water partition coefficient (Wildman–Crippen LogP) is 1.28. The van der Waals surface area contributed by atoms with Crippen molar-refractivity contribution in [3.63, 3.8) is 0 Å². The first kappa shape index (κ1) is 12.3. The van der Waals surface area contributed by atoms with Gasteiger partial charge in [-0.2, -0.15) is 0 Å². The molecule has 0 saturated carbocycles. The summed E-state index contributed by atoms with van der Waals surface area (Å²) in [4.78, 5) is 6.47. The summed E-state index contributed by atoms with van der Waals surface area (Å²) >= 11 is 0. The summed E-state index contributed by atoms with van der Waals surface area (Å²) in [6.07, 6.45) is 8.31. The van der Waals surface area contributed by atoms with Crippen molar-refractivity contribution in [3.05, 3.63) is 24.0 Å². The Labute approximate surface area is 102 Å². The molecule has 0 aromatic carbocycles. The van der Waals surface area contributed by atoms with E-state index in [1.807, 2.05) is 12.3 Å². The van der Waals surface area contributed by atoms with Crippen molar-refractivity contribution < 1.29 is 5.11 Å². The standard InChI is InChI=1S/C13H21N3O/c14-8-11-5-6-15-9-13(11)16-7-3-1-2-4-12(16)10-17/h5-6,9,12,17H,1-4,7-8,10,14H2. The second-order valence-corrected chi connectivity index (χ2v) is 4.59. The van der Waals surface area contributed by atoms with Crippen LogP contribution in [0, 0.1) is 0 Å². The van der Waals surface area contributed by atoms with E-state index in [2.05, 4.69) is 9.88 Å². The number of aliphatic hydroxyl groups excluding tert-OH is 1. The summed E-state index contributed by atoms with van der Waals surface area (Å²) in [6.45, 7) is 1.72. The first-order valence-corrected chi connectivity index (χ1v) is 6.37. The van der Waals surface area contributed by atoms with Crippen LogP contribution in [0.15, 0.2) is 18.5 Å². The van der Waals surface area contributed by atoms with E-state index >= 15 is 0 Å². The highest BCUT2D eigenvalue weighted by Gasteiger charge is 2.22. The lowest BCUT2D eigenvalue weighted by Gasteiger charge is -2.32. The van der Waals surface area contributed by atoms with Gasteiger partial charge in [0, 0.05) is 19.3 Å². The summed E-state index contributed by atoms with van der Waals surface area (Å²) in [7, 11) is 0. The average Bonchev–Trinajstić information content (AvgIpc) is 2.63. The second-order valence-electron chi connectivity index (χ2n) is 4.59. The van der Waals surface area contributed by atoms with Gasteiger partial charge in [0.25, 0.3) is 0 Å². The van der Waals surface area contributed by atoms with Gasteiger partial charge < -0.3 is 15.7 Å². The summed E-state index contributed by atoms with van der Waals surface area (Å²) in [5.74, 6) is 0. The van der Waals surface area contributed by atoms with Crippen molar-refractivity contribution in [1.82, 2.24) is 4.98 Å². The van der Waals surface area contributed by atoms with Crippen LogP contribution in [-0.4, -0.2) is 29.3 Å². The van der Waals surface area contributed by atoms with Gasteiger partial charge in [0.1, 0.15) is 0 Å². The van der Waals surface area contributed by atoms with Gasteiger partial charge in [-0.25, -0.2) is 0 Å². The molecular weight excluding hydrogens is 214 g/mol. The maximum Gasteiger partial charge on any atom is 0.0635 e. The predicted molar refractivity (Wildman–Crippen MR) is 68.8 cm³/mol. The quantitative estimate of drug-likeness (QED) is 0.828. The molecule has 0 spiro atoms. The van der Waals surface area contributed by atoms with E-state index in [0.717, 1.165) is 24.2 Å². The van der Waals surface area contributed by atoms with Gasteiger partial charge >= 0.3 is 0 Å². The molecule has 94 valence electrons. The van der Waals surface area contributed by atoms with Crippen LogP contribution in [0.2, 0.25) is 0 Å². The van der Waals surface area contributed by atoms with Gasteiger partial charge in [0.2, 0.25) is 0 Å². The van der Waals surface area contributed by atoms with Crippen molar-refractivity contribution in [2.45, 2.75) is 38.3 Å². The molecule has 3 N–H and O–H groups in total. The molecule has 1 saturated heterocycles. The SMILES string of the molecule is NCc1ccncc1N1CCCCCC1CO. The van der Waals surface area contributed by atoms with Gasteiger partial charge in [0.05, 0.1) is 24.5 Å². The van der Waals surface area contributed by atoms with E-state index in [1.54, 1.807) is 6.20 Å². The molecule has 0 amide bonds. The topological polar surface area (TPSA) is 62.4 Å².